The van der Waals surface area contributed by atoms with Crippen LogP contribution in [0.4, 0.5) is 11.4 Å². The second-order valence-electron chi connectivity index (χ2n) is 13.3. The molecule has 1 nitrogen and oxygen atoms in total. The van der Waals surface area contributed by atoms with Gasteiger partial charge in [-0.2, -0.15) is 0 Å². The maximum Gasteiger partial charge on any atom is 0.0636 e. The molecule has 2 aliphatic carbocycles. The van der Waals surface area contributed by atoms with Crippen molar-refractivity contribution in [1.82, 2.24) is 0 Å². The molecule has 9 rings (SSSR count). The molecule has 1 heteroatoms. The first-order valence-electron chi connectivity index (χ1n) is 15.0. The molecule has 0 saturated carbocycles. The Morgan fingerprint density at radius 1 is 0.634 bits per heavy atom. The highest BCUT2D eigenvalue weighted by atomic mass is 15.2. The molecule has 0 N–H and O–H groups in total. The summed E-state index contributed by atoms with van der Waals surface area (Å²) >= 11 is 0. The Morgan fingerprint density at radius 2 is 1.37 bits per heavy atom. The van der Waals surface area contributed by atoms with E-state index >= 15 is 0 Å². The van der Waals surface area contributed by atoms with Gasteiger partial charge < -0.3 is 4.90 Å². The lowest BCUT2D eigenvalue weighted by atomic mass is 9.64. The van der Waals surface area contributed by atoms with Crippen LogP contribution in [0.2, 0.25) is 0 Å². The van der Waals surface area contributed by atoms with Crippen LogP contribution < -0.4 is 4.90 Å². The van der Waals surface area contributed by atoms with Gasteiger partial charge in [-0.25, -0.2) is 0 Å². The molecule has 0 aromatic heterocycles. The summed E-state index contributed by atoms with van der Waals surface area (Å²) in [6.07, 6.45) is 3.61. The Labute approximate surface area is 242 Å². The molecule has 41 heavy (non-hydrogen) atoms. The minimum Gasteiger partial charge on any atom is -0.333 e. The Hall–Kier alpha value is -4.36. The summed E-state index contributed by atoms with van der Waals surface area (Å²) in [7, 11) is 0. The Bertz CT molecular complexity index is 2010. The Balaban J connectivity index is 1.36. The fraction of sp³-hybridized carbons (Fsp3) is 0.200. The molecule has 1 atom stereocenters. The van der Waals surface area contributed by atoms with Crippen molar-refractivity contribution in [3.63, 3.8) is 0 Å². The highest BCUT2D eigenvalue weighted by Crippen LogP contribution is 2.62. The van der Waals surface area contributed by atoms with Crippen LogP contribution in [-0.2, 0) is 10.8 Å². The summed E-state index contributed by atoms with van der Waals surface area (Å²) in [4.78, 5) is 2.70. The van der Waals surface area contributed by atoms with Gasteiger partial charge in [-0.05, 0) is 91.6 Å². The number of allylic oxidation sites excluding steroid dienone is 2. The molecule has 5 aromatic carbocycles. The SMILES string of the molecule is CC1(C)C2=C(C=C3c4cc(-c5ccccc5)cc5c4N(c4ccccc4C5(C)C)C3C2)c2cccc3cccc1c23. The lowest BCUT2D eigenvalue weighted by Gasteiger charge is -2.45. The summed E-state index contributed by atoms with van der Waals surface area (Å²) in [5.41, 5.74) is 16.8. The van der Waals surface area contributed by atoms with E-state index in [1.54, 1.807) is 5.57 Å². The van der Waals surface area contributed by atoms with E-state index in [1.165, 1.54) is 72.2 Å². The number of anilines is 2. The summed E-state index contributed by atoms with van der Waals surface area (Å²) < 4.78 is 0. The van der Waals surface area contributed by atoms with Gasteiger partial charge in [0.1, 0.15) is 0 Å². The number of hydrogen-bond donors (Lipinski definition) is 0. The van der Waals surface area contributed by atoms with Crippen molar-refractivity contribution < 1.29 is 0 Å². The third-order valence-corrected chi connectivity index (χ3v) is 10.6. The molecule has 0 bridgehead atoms. The summed E-state index contributed by atoms with van der Waals surface area (Å²) in [6, 6.07) is 39.0. The topological polar surface area (TPSA) is 3.24 Å². The van der Waals surface area contributed by atoms with Crippen LogP contribution in [0.3, 0.4) is 0 Å². The summed E-state index contributed by atoms with van der Waals surface area (Å²) in [6.45, 7) is 9.71. The van der Waals surface area contributed by atoms with Crippen molar-refractivity contribution in [1.29, 1.82) is 0 Å². The average molecular weight is 528 g/mol. The normalized spacial score (nSPS) is 20.2. The van der Waals surface area contributed by atoms with Crippen LogP contribution in [0, 0.1) is 0 Å². The van der Waals surface area contributed by atoms with Gasteiger partial charge in [0.2, 0.25) is 0 Å². The molecule has 0 radical (unpaired) electrons. The number of nitrogens with zero attached hydrogens (tertiary/aromatic N) is 1. The van der Waals surface area contributed by atoms with E-state index in [0.717, 1.165) is 6.42 Å². The van der Waals surface area contributed by atoms with Crippen LogP contribution in [0.5, 0.6) is 0 Å². The van der Waals surface area contributed by atoms with Crippen molar-refractivity contribution in [3.05, 3.63) is 143 Å². The van der Waals surface area contributed by atoms with Crippen molar-refractivity contribution in [3.8, 4) is 11.1 Å². The van der Waals surface area contributed by atoms with Gasteiger partial charge in [0.15, 0.2) is 0 Å². The fourth-order valence-corrected chi connectivity index (χ4v) is 8.51. The summed E-state index contributed by atoms with van der Waals surface area (Å²) in [5.74, 6) is 0. The van der Waals surface area contributed by atoms with Crippen LogP contribution in [-0.4, -0.2) is 6.04 Å². The Kier molecular flexibility index (Phi) is 4.37. The van der Waals surface area contributed by atoms with Crippen LogP contribution in [0.25, 0.3) is 33.0 Å². The van der Waals surface area contributed by atoms with Gasteiger partial charge in [0.05, 0.1) is 11.7 Å². The van der Waals surface area contributed by atoms with E-state index in [0.29, 0.717) is 0 Å². The summed E-state index contributed by atoms with van der Waals surface area (Å²) in [5, 5.41) is 2.77. The molecule has 4 aliphatic rings. The molecule has 0 spiro atoms. The smallest absolute Gasteiger partial charge is 0.0636 e. The number of para-hydroxylation sites is 1. The number of fused-ring (bicyclic) bond motifs is 6. The van der Waals surface area contributed by atoms with Gasteiger partial charge in [-0.3, -0.25) is 0 Å². The standard InChI is InChI=1S/C40H33N/c1-39(2)31-17-8-9-19-35(31)41-36-23-33-28(27-16-10-14-25-15-11-18-32(37(25)27)40(33,3)4)22-29(36)30-20-26(21-34(39)38(30)41)24-12-6-5-7-13-24/h5-22,36H,23H2,1-4H3. The van der Waals surface area contributed by atoms with E-state index in [4.69, 9.17) is 0 Å². The average Bonchev–Trinajstić information content (AvgIpc) is 3.32. The molecule has 5 aromatic rings. The maximum absolute atomic E-state index is 2.70. The molecule has 1 unspecified atom stereocenters. The quantitative estimate of drug-likeness (QED) is 0.210. The zero-order chi connectivity index (χ0) is 27.7. The minimum atomic E-state index is -0.0931. The lowest BCUT2D eigenvalue weighted by Crippen LogP contribution is -2.39. The third kappa shape index (κ3) is 2.87. The first-order chi connectivity index (χ1) is 19.9. The maximum atomic E-state index is 2.70. The zero-order valence-electron chi connectivity index (χ0n) is 24.1. The number of rotatable bonds is 1. The minimum absolute atomic E-state index is 0.0351. The van der Waals surface area contributed by atoms with Gasteiger partial charge in [-0.15, -0.1) is 0 Å². The van der Waals surface area contributed by atoms with E-state index < -0.39 is 0 Å². The van der Waals surface area contributed by atoms with E-state index in [1.807, 2.05) is 0 Å². The van der Waals surface area contributed by atoms with E-state index in [2.05, 4.69) is 142 Å². The van der Waals surface area contributed by atoms with Gasteiger partial charge in [0, 0.05) is 22.1 Å². The van der Waals surface area contributed by atoms with E-state index in [-0.39, 0.29) is 16.9 Å². The van der Waals surface area contributed by atoms with Crippen molar-refractivity contribution >= 4 is 33.3 Å². The molecule has 0 fully saturated rings. The molecule has 0 saturated heterocycles. The molecular weight excluding hydrogens is 494 g/mol. The first-order valence-corrected chi connectivity index (χ1v) is 15.0. The Morgan fingerprint density at radius 3 is 2.20 bits per heavy atom. The fourth-order valence-electron chi connectivity index (χ4n) is 8.51. The predicted molar refractivity (Wildman–Crippen MR) is 173 cm³/mol. The second-order valence-corrected chi connectivity index (χ2v) is 13.3. The molecule has 0 amide bonds. The molecule has 198 valence electrons. The molecule has 2 aliphatic heterocycles. The number of hydrogen-bond acceptors (Lipinski definition) is 1. The highest BCUT2D eigenvalue weighted by Gasteiger charge is 2.49. The lowest BCUT2D eigenvalue weighted by molar-refractivity contribution is 0.572. The van der Waals surface area contributed by atoms with Gasteiger partial charge >= 0.3 is 0 Å². The van der Waals surface area contributed by atoms with Crippen LogP contribution >= 0.6 is 0 Å². The largest absolute Gasteiger partial charge is 0.333 e. The van der Waals surface area contributed by atoms with Gasteiger partial charge in [-0.1, -0.05) is 113 Å². The highest BCUT2D eigenvalue weighted by molar-refractivity contribution is 6.09. The van der Waals surface area contributed by atoms with Crippen LogP contribution in [0.1, 0.15) is 61.9 Å². The van der Waals surface area contributed by atoms with Crippen LogP contribution in [0.15, 0.2) is 115 Å². The molecular formula is C40H33N. The zero-order valence-corrected chi connectivity index (χ0v) is 24.1. The van der Waals surface area contributed by atoms with Crippen molar-refractivity contribution in [2.45, 2.75) is 51.0 Å². The van der Waals surface area contributed by atoms with Gasteiger partial charge in [0.25, 0.3) is 0 Å². The van der Waals surface area contributed by atoms with E-state index in [9.17, 15) is 0 Å². The van der Waals surface area contributed by atoms with Crippen molar-refractivity contribution in [2.24, 2.45) is 0 Å². The second kappa shape index (κ2) is 7.68. The first kappa shape index (κ1) is 23.4. The predicted octanol–water partition coefficient (Wildman–Crippen LogP) is 10.2. The molecule has 2 heterocycles. The number of benzene rings is 5. The van der Waals surface area contributed by atoms with Crippen molar-refractivity contribution in [2.75, 3.05) is 4.90 Å². The third-order valence-electron chi connectivity index (χ3n) is 10.6. The monoisotopic (exact) mass is 527 g/mol.